The highest BCUT2D eigenvalue weighted by Crippen LogP contribution is 2.52. The molecule has 0 aliphatic rings. The van der Waals surface area contributed by atoms with Crippen molar-refractivity contribution in [2.24, 2.45) is 0 Å². The normalized spacial score (nSPS) is 11.8. The van der Waals surface area contributed by atoms with Gasteiger partial charge in [-0.15, -0.1) is 0 Å². The molecule has 0 aliphatic heterocycles. The van der Waals surface area contributed by atoms with Gasteiger partial charge in [-0.25, -0.2) is 0 Å². The van der Waals surface area contributed by atoms with Gasteiger partial charge in [0.15, 0.2) is 14.3 Å². The summed E-state index contributed by atoms with van der Waals surface area (Å²) in [4.78, 5) is 4.27. The lowest BCUT2D eigenvalue weighted by atomic mass is 9.90. The monoisotopic (exact) mass is 696 g/mol. The van der Waals surface area contributed by atoms with E-state index in [9.17, 15) is 0 Å². The summed E-state index contributed by atoms with van der Waals surface area (Å²) in [6.45, 7) is 8.47. The molecule has 0 saturated carbocycles. The lowest BCUT2D eigenvalue weighted by Crippen LogP contribution is -2.32. The molecule has 0 aliphatic carbocycles. The average Bonchev–Trinajstić information content (AvgIpc) is 3.12. The summed E-state index contributed by atoms with van der Waals surface area (Å²) >= 11 is 0. The fourth-order valence-corrected chi connectivity index (χ4v) is 13.8. The lowest BCUT2D eigenvalue weighted by Gasteiger charge is -2.33. The van der Waals surface area contributed by atoms with Gasteiger partial charge in [-0.3, -0.25) is 0 Å². The Balaban J connectivity index is 1.89. The molecule has 50 heavy (non-hydrogen) atoms. The van der Waals surface area contributed by atoms with E-state index >= 15 is 9.13 Å². The molecular formula is C44H46N2O2P2. The first-order valence-corrected chi connectivity index (χ1v) is 20.4. The SMILES string of the molecule is Cc1cc(P(=O)(c2ccccc2)c2ccccc2)c(-c2c(P(=O)(c3ccccc3)c3ccccc3)cc(C)c(N(C)C)c2C)c(C)c1N(C)C. The number of nitrogens with zero attached hydrogens (tertiary/aromatic N) is 2. The highest BCUT2D eigenvalue weighted by atomic mass is 31.2. The van der Waals surface area contributed by atoms with E-state index < -0.39 is 14.3 Å². The van der Waals surface area contributed by atoms with E-state index in [1.807, 2.05) is 121 Å². The minimum Gasteiger partial charge on any atom is -0.377 e. The topological polar surface area (TPSA) is 40.6 Å². The second-order valence-electron chi connectivity index (χ2n) is 13.5. The summed E-state index contributed by atoms with van der Waals surface area (Å²) in [5.41, 5.74) is 7.94. The third kappa shape index (κ3) is 5.85. The first-order valence-electron chi connectivity index (χ1n) is 17.0. The van der Waals surface area contributed by atoms with Crippen LogP contribution >= 0.6 is 14.3 Å². The molecule has 6 heteroatoms. The van der Waals surface area contributed by atoms with Crippen LogP contribution in [0.1, 0.15) is 22.3 Å². The Kier molecular flexibility index (Phi) is 9.82. The molecule has 0 radical (unpaired) electrons. The number of hydrogen-bond acceptors (Lipinski definition) is 4. The van der Waals surface area contributed by atoms with Crippen LogP contribution in [-0.4, -0.2) is 28.2 Å². The number of anilines is 2. The zero-order valence-corrected chi connectivity index (χ0v) is 32.1. The number of hydrogen-bond donors (Lipinski definition) is 0. The van der Waals surface area contributed by atoms with Crippen LogP contribution in [-0.2, 0) is 9.13 Å². The minimum atomic E-state index is -3.49. The third-order valence-corrected chi connectivity index (χ3v) is 15.9. The largest absolute Gasteiger partial charge is 0.377 e. The van der Waals surface area contributed by atoms with E-state index in [4.69, 9.17) is 0 Å². The van der Waals surface area contributed by atoms with Crippen molar-refractivity contribution in [3.8, 4) is 11.1 Å². The zero-order valence-electron chi connectivity index (χ0n) is 30.3. The maximum atomic E-state index is 16.4. The smallest absolute Gasteiger partial charge is 0.171 e. The van der Waals surface area contributed by atoms with Gasteiger partial charge in [0.1, 0.15) is 0 Å². The summed E-state index contributed by atoms with van der Waals surface area (Å²) in [5, 5.41) is 4.55. The molecule has 0 saturated heterocycles. The van der Waals surface area contributed by atoms with Crippen LogP contribution in [0.4, 0.5) is 11.4 Å². The molecule has 0 fully saturated rings. The Morgan fingerprint density at radius 3 is 0.860 bits per heavy atom. The number of aryl methyl sites for hydroxylation is 2. The molecule has 0 amide bonds. The van der Waals surface area contributed by atoms with E-state index in [-0.39, 0.29) is 0 Å². The molecule has 4 nitrogen and oxygen atoms in total. The predicted octanol–water partition coefficient (Wildman–Crippen LogP) is 8.00. The number of rotatable bonds is 9. The molecule has 0 unspecified atom stereocenters. The highest BCUT2D eigenvalue weighted by molar-refractivity contribution is 7.86. The van der Waals surface area contributed by atoms with E-state index in [0.717, 1.165) is 76.6 Å². The highest BCUT2D eigenvalue weighted by Gasteiger charge is 2.39. The third-order valence-electron chi connectivity index (χ3n) is 9.73. The molecule has 6 aromatic carbocycles. The second kappa shape index (κ2) is 13.9. The summed E-state index contributed by atoms with van der Waals surface area (Å²) in [5.74, 6) is 0. The predicted molar refractivity (Wildman–Crippen MR) is 218 cm³/mol. The molecule has 0 atom stereocenters. The summed E-state index contributed by atoms with van der Waals surface area (Å²) < 4.78 is 32.8. The van der Waals surface area contributed by atoms with Crippen LogP contribution in [0.25, 0.3) is 11.1 Å². The van der Waals surface area contributed by atoms with Crippen LogP contribution in [0, 0.1) is 27.7 Å². The second-order valence-corrected chi connectivity index (χ2v) is 18.9. The Hall–Kier alpha value is -4.62. The van der Waals surface area contributed by atoms with Crippen LogP contribution < -0.4 is 41.6 Å². The molecule has 0 N–H and O–H groups in total. The van der Waals surface area contributed by atoms with Gasteiger partial charge in [-0.1, -0.05) is 121 Å². The number of benzene rings is 6. The summed E-state index contributed by atoms with van der Waals surface area (Å²) in [6.07, 6.45) is 0. The fraction of sp³-hybridized carbons (Fsp3) is 0.182. The lowest BCUT2D eigenvalue weighted by molar-refractivity contribution is 0.591. The van der Waals surface area contributed by atoms with E-state index in [0.29, 0.717) is 0 Å². The Morgan fingerprint density at radius 1 is 0.400 bits per heavy atom. The van der Waals surface area contributed by atoms with Crippen molar-refractivity contribution < 1.29 is 9.13 Å². The van der Waals surface area contributed by atoms with E-state index in [1.54, 1.807) is 0 Å². The first-order chi connectivity index (χ1) is 23.9. The molecule has 254 valence electrons. The van der Waals surface area contributed by atoms with Crippen LogP contribution in [0.15, 0.2) is 133 Å². The average molecular weight is 697 g/mol. The van der Waals surface area contributed by atoms with Gasteiger partial charge >= 0.3 is 0 Å². The van der Waals surface area contributed by atoms with Gasteiger partial charge in [-0.2, -0.15) is 0 Å². The van der Waals surface area contributed by atoms with E-state index in [2.05, 4.69) is 77.8 Å². The van der Waals surface area contributed by atoms with Crippen LogP contribution in [0.3, 0.4) is 0 Å². The van der Waals surface area contributed by atoms with Gasteiger partial charge in [0.05, 0.1) is 0 Å². The van der Waals surface area contributed by atoms with Crippen molar-refractivity contribution in [2.75, 3.05) is 38.0 Å². The van der Waals surface area contributed by atoms with E-state index in [1.165, 1.54) is 0 Å². The van der Waals surface area contributed by atoms with Crippen molar-refractivity contribution >= 4 is 57.5 Å². The Labute approximate surface area is 298 Å². The van der Waals surface area contributed by atoms with Gasteiger partial charge in [0.2, 0.25) is 0 Å². The van der Waals surface area contributed by atoms with Crippen molar-refractivity contribution in [3.05, 3.63) is 156 Å². The van der Waals surface area contributed by atoms with Crippen molar-refractivity contribution in [1.29, 1.82) is 0 Å². The maximum absolute atomic E-state index is 16.4. The summed E-state index contributed by atoms with van der Waals surface area (Å²) in [6, 6.07) is 43.7. The van der Waals surface area contributed by atoms with Crippen LogP contribution in [0.2, 0.25) is 0 Å². The maximum Gasteiger partial charge on any atom is 0.171 e. The summed E-state index contributed by atoms with van der Waals surface area (Å²) in [7, 11) is 1.24. The van der Waals surface area contributed by atoms with Crippen molar-refractivity contribution in [1.82, 2.24) is 0 Å². The van der Waals surface area contributed by atoms with Gasteiger partial charge in [0.25, 0.3) is 0 Å². The molecule has 0 bridgehead atoms. The molecular weight excluding hydrogens is 650 g/mol. The van der Waals surface area contributed by atoms with Gasteiger partial charge in [-0.05, 0) is 73.2 Å². The zero-order chi connectivity index (χ0) is 35.8. The standard InChI is InChI=1S/C44H46N2O2P2/c1-31-29-39(49(47,35-21-13-9-14-22-35)36-23-15-10-16-24-36)41(33(3)43(31)45(5)6)42-34(4)44(46(7)8)32(2)30-40(42)50(48,37-25-17-11-18-26-37)38-27-19-12-20-28-38/h9-30H,1-8H3. The minimum absolute atomic E-state index is 0.751. The quantitative estimate of drug-likeness (QED) is 0.144. The first kappa shape index (κ1) is 35.2. The van der Waals surface area contributed by atoms with Crippen molar-refractivity contribution in [2.45, 2.75) is 27.7 Å². The molecule has 6 aromatic rings. The molecule has 0 spiro atoms. The van der Waals surface area contributed by atoms with Gasteiger partial charge in [0, 0.05) is 71.4 Å². The van der Waals surface area contributed by atoms with Crippen molar-refractivity contribution in [3.63, 3.8) is 0 Å². The molecule has 0 heterocycles. The Bertz CT molecular complexity index is 2000. The molecule has 0 aromatic heterocycles. The molecule has 6 rings (SSSR count). The fourth-order valence-electron chi connectivity index (χ4n) is 7.81. The Morgan fingerprint density at radius 2 is 0.640 bits per heavy atom. The van der Waals surface area contributed by atoms with Crippen LogP contribution in [0.5, 0.6) is 0 Å². The van der Waals surface area contributed by atoms with Gasteiger partial charge < -0.3 is 18.9 Å².